The average molecular weight is 354 g/mol. The Balaban J connectivity index is 1.78. The van der Waals surface area contributed by atoms with Gasteiger partial charge < -0.3 is 4.98 Å². The summed E-state index contributed by atoms with van der Waals surface area (Å²) in [5, 5.41) is 2.65. The molecule has 0 fully saturated rings. The minimum absolute atomic E-state index is 0.0766. The highest BCUT2D eigenvalue weighted by Gasteiger charge is 2.13. The minimum Gasteiger partial charge on any atom is -0.359 e. The lowest BCUT2D eigenvalue weighted by Gasteiger charge is -2.00. The molecule has 0 saturated carbocycles. The molecule has 1 aromatic carbocycles. The van der Waals surface area contributed by atoms with Gasteiger partial charge in [-0.2, -0.15) is 0 Å². The summed E-state index contributed by atoms with van der Waals surface area (Å²) in [6.07, 6.45) is 7.05. The molecule has 0 unspecified atom stereocenters. The fourth-order valence-electron chi connectivity index (χ4n) is 2.51. The normalized spacial score (nSPS) is 11.5. The van der Waals surface area contributed by atoms with Gasteiger partial charge in [-0.15, -0.1) is 11.3 Å². The Kier molecular flexibility index (Phi) is 3.80. The Labute approximate surface area is 147 Å². The number of thiazole rings is 1. The average Bonchev–Trinajstić information content (AvgIpc) is 3.31. The van der Waals surface area contributed by atoms with Gasteiger partial charge in [0.1, 0.15) is 0 Å². The Morgan fingerprint density at radius 3 is 2.83 bits per heavy atom. The molecule has 0 bridgehead atoms. The summed E-state index contributed by atoms with van der Waals surface area (Å²) in [6.45, 7) is 0. The largest absolute Gasteiger partial charge is 0.359 e. The highest BCUT2D eigenvalue weighted by atomic mass is 35.5. The Hall–Kier alpha value is -2.63. The van der Waals surface area contributed by atoms with Crippen molar-refractivity contribution in [2.45, 2.75) is 0 Å². The van der Waals surface area contributed by atoms with E-state index >= 15 is 0 Å². The number of imidazole rings is 1. The fraction of sp³-hybridized carbons (Fsp3) is 0. The van der Waals surface area contributed by atoms with Gasteiger partial charge in [-0.3, -0.25) is 9.20 Å². The number of aromatic amines is 1. The van der Waals surface area contributed by atoms with Gasteiger partial charge in [-0.1, -0.05) is 23.7 Å². The fourth-order valence-corrected chi connectivity index (χ4v) is 3.36. The summed E-state index contributed by atoms with van der Waals surface area (Å²) in [6, 6.07) is 11.1. The van der Waals surface area contributed by atoms with E-state index in [0.717, 1.165) is 21.9 Å². The number of hydrogen-bond donors (Lipinski definition) is 1. The van der Waals surface area contributed by atoms with Gasteiger partial charge in [0.05, 0.1) is 17.1 Å². The summed E-state index contributed by atoms with van der Waals surface area (Å²) >= 11 is 7.52. The molecular weight excluding hydrogens is 342 g/mol. The number of nitrogens with zero attached hydrogens (tertiary/aromatic N) is 2. The number of fused-ring (bicyclic) bond motifs is 1. The lowest BCUT2D eigenvalue weighted by Crippen LogP contribution is -1.94. The Bertz CT molecular complexity index is 1030. The molecule has 0 aliphatic heterocycles. The maximum Gasteiger partial charge on any atom is 0.202 e. The molecule has 4 aromatic rings. The number of halogens is 1. The van der Waals surface area contributed by atoms with Gasteiger partial charge in [0.15, 0.2) is 4.96 Å². The molecule has 3 aromatic heterocycles. The molecule has 0 spiro atoms. The maximum atomic E-state index is 12.2. The number of carbonyl (C=O) groups excluding carboxylic acids is 1. The maximum absolute atomic E-state index is 12.2. The molecule has 3 heterocycles. The summed E-state index contributed by atoms with van der Waals surface area (Å²) in [5.41, 5.74) is 3.22. The quantitative estimate of drug-likeness (QED) is 0.417. The van der Waals surface area contributed by atoms with E-state index in [-0.39, 0.29) is 5.78 Å². The van der Waals surface area contributed by atoms with Crippen LogP contribution in [-0.4, -0.2) is 20.2 Å². The molecule has 0 atom stereocenters. The predicted octanol–water partition coefficient (Wildman–Crippen LogP) is 4.94. The van der Waals surface area contributed by atoms with Gasteiger partial charge in [-0.25, -0.2) is 4.98 Å². The van der Waals surface area contributed by atoms with Crippen LogP contribution in [0.1, 0.15) is 16.2 Å². The minimum atomic E-state index is -0.0766. The first-order chi connectivity index (χ1) is 11.7. The van der Waals surface area contributed by atoms with Gasteiger partial charge in [0, 0.05) is 28.4 Å². The van der Waals surface area contributed by atoms with Crippen LogP contribution in [0.15, 0.2) is 60.2 Å². The van der Waals surface area contributed by atoms with Crippen molar-refractivity contribution in [2.75, 3.05) is 0 Å². The Morgan fingerprint density at radius 1 is 1.25 bits per heavy atom. The standard InChI is InChI=1S/C18H12ClN3OS/c19-13-5-3-12(4-6-13)17-15(22-10-11-24-18(22)21-17)7-8-16(23)14-2-1-9-20-14/h1-11,20H. The zero-order chi connectivity index (χ0) is 16.5. The first-order valence-corrected chi connectivity index (χ1v) is 8.55. The molecule has 24 heavy (non-hydrogen) atoms. The van der Waals surface area contributed by atoms with Crippen molar-refractivity contribution >= 4 is 39.8 Å². The molecule has 0 radical (unpaired) electrons. The van der Waals surface area contributed by atoms with Crippen LogP contribution in [0.5, 0.6) is 0 Å². The number of nitrogens with one attached hydrogen (secondary N) is 1. The van der Waals surface area contributed by atoms with E-state index in [1.165, 1.54) is 0 Å². The van der Waals surface area contributed by atoms with Gasteiger partial charge in [0.25, 0.3) is 0 Å². The SMILES string of the molecule is O=C(C=Cc1c(-c2ccc(Cl)cc2)nc2sccn12)c1ccc[nH]1. The topological polar surface area (TPSA) is 50.2 Å². The van der Waals surface area contributed by atoms with Crippen molar-refractivity contribution in [3.05, 3.63) is 76.7 Å². The molecule has 0 aliphatic rings. The van der Waals surface area contributed by atoms with Crippen LogP contribution in [-0.2, 0) is 0 Å². The third kappa shape index (κ3) is 2.68. The van der Waals surface area contributed by atoms with E-state index < -0.39 is 0 Å². The molecule has 0 amide bonds. The van der Waals surface area contributed by atoms with Gasteiger partial charge in [0.2, 0.25) is 5.78 Å². The molecule has 0 saturated heterocycles. The van der Waals surface area contributed by atoms with Gasteiger partial charge in [-0.05, 0) is 36.4 Å². The molecule has 4 rings (SSSR count). The van der Waals surface area contributed by atoms with Crippen LogP contribution in [0.4, 0.5) is 0 Å². The van der Waals surface area contributed by atoms with E-state index in [2.05, 4.69) is 9.97 Å². The highest BCUT2D eigenvalue weighted by Crippen LogP contribution is 2.28. The van der Waals surface area contributed by atoms with E-state index in [9.17, 15) is 4.79 Å². The zero-order valence-corrected chi connectivity index (χ0v) is 14.0. The summed E-state index contributed by atoms with van der Waals surface area (Å²) in [4.78, 5) is 20.7. The van der Waals surface area contributed by atoms with Gasteiger partial charge >= 0.3 is 0 Å². The van der Waals surface area contributed by atoms with Crippen molar-refractivity contribution < 1.29 is 4.79 Å². The zero-order valence-electron chi connectivity index (χ0n) is 12.4. The Morgan fingerprint density at radius 2 is 2.08 bits per heavy atom. The monoisotopic (exact) mass is 353 g/mol. The van der Waals surface area contributed by atoms with Crippen LogP contribution in [0.25, 0.3) is 22.3 Å². The van der Waals surface area contributed by atoms with Crippen LogP contribution < -0.4 is 0 Å². The second kappa shape index (κ2) is 6.11. The highest BCUT2D eigenvalue weighted by molar-refractivity contribution is 7.15. The van der Waals surface area contributed by atoms with Crippen LogP contribution in [0, 0.1) is 0 Å². The summed E-state index contributed by atoms with van der Waals surface area (Å²) < 4.78 is 1.98. The van der Waals surface area contributed by atoms with E-state index in [1.807, 2.05) is 40.2 Å². The number of H-pyrrole nitrogens is 1. The van der Waals surface area contributed by atoms with E-state index in [1.54, 1.807) is 41.8 Å². The van der Waals surface area contributed by atoms with Crippen LogP contribution in [0.3, 0.4) is 0 Å². The van der Waals surface area contributed by atoms with Crippen molar-refractivity contribution in [1.29, 1.82) is 0 Å². The second-order valence-corrected chi connectivity index (χ2v) is 6.50. The predicted molar refractivity (Wildman–Crippen MR) is 97.7 cm³/mol. The molecular formula is C18H12ClN3OS. The first kappa shape index (κ1) is 14.9. The molecule has 0 aliphatic carbocycles. The number of benzene rings is 1. The third-order valence-electron chi connectivity index (χ3n) is 3.67. The lowest BCUT2D eigenvalue weighted by molar-refractivity contribution is 0.104. The lowest BCUT2D eigenvalue weighted by atomic mass is 10.1. The van der Waals surface area contributed by atoms with Crippen molar-refractivity contribution in [2.24, 2.45) is 0 Å². The molecule has 1 N–H and O–H groups in total. The smallest absolute Gasteiger partial charge is 0.202 e. The van der Waals surface area contributed by atoms with E-state index in [0.29, 0.717) is 10.7 Å². The van der Waals surface area contributed by atoms with Crippen LogP contribution in [0.2, 0.25) is 5.02 Å². The summed E-state index contributed by atoms with van der Waals surface area (Å²) in [7, 11) is 0. The number of aromatic nitrogens is 3. The van der Waals surface area contributed by atoms with E-state index in [4.69, 9.17) is 11.6 Å². The number of hydrogen-bond acceptors (Lipinski definition) is 3. The van der Waals surface area contributed by atoms with Crippen LogP contribution >= 0.6 is 22.9 Å². The summed E-state index contributed by atoms with van der Waals surface area (Å²) in [5.74, 6) is -0.0766. The first-order valence-electron chi connectivity index (χ1n) is 7.29. The second-order valence-electron chi connectivity index (χ2n) is 5.19. The number of rotatable bonds is 4. The number of ketones is 1. The molecule has 6 heteroatoms. The third-order valence-corrected chi connectivity index (χ3v) is 4.68. The number of carbonyl (C=O) groups is 1. The molecule has 4 nitrogen and oxygen atoms in total. The number of allylic oxidation sites excluding steroid dienone is 1. The van der Waals surface area contributed by atoms with Crippen molar-refractivity contribution in [3.63, 3.8) is 0 Å². The molecule has 118 valence electrons. The van der Waals surface area contributed by atoms with Crippen molar-refractivity contribution in [1.82, 2.24) is 14.4 Å². The van der Waals surface area contributed by atoms with Crippen molar-refractivity contribution in [3.8, 4) is 11.3 Å².